The number of carbonyl (C=O) groups is 2. The van der Waals surface area contributed by atoms with Gasteiger partial charge in [0.1, 0.15) is 11.4 Å². The number of anilines is 2. The van der Waals surface area contributed by atoms with E-state index in [0.717, 1.165) is 4.90 Å². The number of nitro benzene ring substituents is 1. The number of hydrogen-bond acceptors (Lipinski definition) is 6. The van der Waals surface area contributed by atoms with Crippen molar-refractivity contribution in [1.29, 1.82) is 0 Å². The van der Waals surface area contributed by atoms with Crippen LogP contribution in [0, 0.1) is 17.0 Å². The largest absolute Gasteiger partial charge is 0.495 e. The summed E-state index contributed by atoms with van der Waals surface area (Å²) in [5.74, 6) is -0.819. The van der Waals surface area contributed by atoms with E-state index in [0.29, 0.717) is 27.6 Å². The second-order valence-corrected chi connectivity index (χ2v) is 7.62. The monoisotopic (exact) mass is 463 g/mol. The summed E-state index contributed by atoms with van der Waals surface area (Å²) in [5, 5.41) is 14.6. The van der Waals surface area contributed by atoms with E-state index in [9.17, 15) is 19.7 Å². The summed E-state index contributed by atoms with van der Waals surface area (Å²) in [6.45, 7) is 1.79. The molecule has 166 valence electrons. The van der Waals surface area contributed by atoms with E-state index >= 15 is 0 Å². The maximum absolute atomic E-state index is 13.5. The molecule has 2 amide bonds. The van der Waals surface area contributed by atoms with Gasteiger partial charge in [0, 0.05) is 22.8 Å². The molecule has 0 aromatic heterocycles. The van der Waals surface area contributed by atoms with Crippen LogP contribution in [0.3, 0.4) is 0 Å². The van der Waals surface area contributed by atoms with Gasteiger partial charge in [0.2, 0.25) is 0 Å². The molecular formula is C24H18ClN3O5. The van der Waals surface area contributed by atoms with Crippen molar-refractivity contribution >= 4 is 46.1 Å². The van der Waals surface area contributed by atoms with Crippen molar-refractivity contribution in [3.8, 4) is 5.75 Å². The standard InChI is InChI=1S/C24H18ClN3O5/c1-14-17(25)6-5-7-18(14)26-22-21(15-10-12-16(13-11-15)28(31)32)23(29)27(24(22)30)19-8-3-4-9-20(19)33-2/h3-13,26H,1-2H3. The number of non-ortho nitro benzene ring substituents is 1. The average Bonchev–Trinajstić information content (AvgIpc) is 3.06. The molecule has 0 aliphatic carbocycles. The fraction of sp³-hybridized carbons (Fsp3) is 0.0833. The van der Waals surface area contributed by atoms with Crippen molar-refractivity contribution in [1.82, 2.24) is 0 Å². The van der Waals surface area contributed by atoms with Gasteiger partial charge >= 0.3 is 0 Å². The molecule has 1 N–H and O–H groups in total. The van der Waals surface area contributed by atoms with Gasteiger partial charge in [-0.15, -0.1) is 0 Å². The van der Waals surface area contributed by atoms with Crippen LogP contribution in [0.2, 0.25) is 5.02 Å². The van der Waals surface area contributed by atoms with Gasteiger partial charge in [0.05, 0.1) is 23.3 Å². The van der Waals surface area contributed by atoms with Crippen molar-refractivity contribution < 1.29 is 19.2 Å². The van der Waals surface area contributed by atoms with Gasteiger partial charge in [0.15, 0.2) is 0 Å². The summed E-state index contributed by atoms with van der Waals surface area (Å²) in [6.07, 6.45) is 0. The Kier molecular flexibility index (Phi) is 5.85. The molecule has 0 fully saturated rings. The summed E-state index contributed by atoms with van der Waals surface area (Å²) in [4.78, 5) is 38.6. The number of rotatable bonds is 6. The van der Waals surface area contributed by atoms with E-state index < -0.39 is 16.7 Å². The first kappa shape index (κ1) is 22.0. The molecule has 0 radical (unpaired) electrons. The third-order valence-corrected chi connectivity index (χ3v) is 5.71. The van der Waals surface area contributed by atoms with Crippen molar-refractivity contribution in [2.24, 2.45) is 0 Å². The van der Waals surface area contributed by atoms with E-state index in [1.807, 2.05) is 0 Å². The van der Waals surface area contributed by atoms with Crippen LogP contribution < -0.4 is 15.0 Å². The number of nitrogens with one attached hydrogen (secondary N) is 1. The predicted molar refractivity (Wildman–Crippen MR) is 125 cm³/mol. The van der Waals surface area contributed by atoms with Gasteiger partial charge in [0.25, 0.3) is 17.5 Å². The number of methoxy groups -OCH3 is 1. The number of nitro groups is 1. The lowest BCUT2D eigenvalue weighted by Gasteiger charge is -2.18. The summed E-state index contributed by atoms with van der Waals surface area (Å²) < 4.78 is 5.35. The first-order chi connectivity index (χ1) is 15.8. The van der Waals surface area contributed by atoms with E-state index in [1.54, 1.807) is 49.4 Å². The Balaban J connectivity index is 1.87. The number of nitrogens with zero attached hydrogens (tertiary/aromatic N) is 2. The zero-order valence-electron chi connectivity index (χ0n) is 17.7. The Morgan fingerprint density at radius 2 is 1.67 bits per heavy atom. The summed E-state index contributed by atoms with van der Waals surface area (Å²) in [7, 11) is 1.45. The van der Waals surface area contributed by atoms with Crippen LogP contribution in [-0.4, -0.2) is 23.8 Å². The maximum atomic E-state index is 13.5. The van der Waals surface area contributed by atoms with Crippen molar-refractivity contribution in [2.75, 3.05) is 17.3 Å². The lowest BCUT2D eigenvalue weighted by Crippen LogP contribution is -2.32. The first-order valence-electron chi connectivity index (χ1n) is 9.86. The van der Waals surface area contributed by atoms with Crippen LogP contribution in [0.25, 0.3) is 5.57 Å². The van der Waals surface area contributed by atoms with E-state index in [4.69, 9.17) is 16.3 Å². The van der Waals surface area contributed by atoms with Gasteiger partial charge in [-0.1, -0.05) is 29.8 Å². The molecule has 3 aromatic carbocycles. The van der Waals surface area contributed by atoms with Gasteiger partial charge in [-0.05, 0) is 54.4 Å². The highest BCUT2D eigenvalue weighted by molar-refractivity contribution is 6.46. The third-order valence-electron chi connectivity index (χ3n) is 5.30. The summed E-state index contributed by atoms with van der Waals surface area (Å²) >= 11 is 6.23. The fourth-order valence-corrected chi connectivity index (χ4v) is 3.75. The predicted octanol–water partition coefficient (Wildman–Crippen LogP) is 4.96. The molecule has 0 unspecified atom stereocenters. The SMILES string of the molecule is COc1ccccc1N1C(=O)C(Nc2cccc(Cl)c2C)=C(c2ccc([N+](=O)[O-])cc2)C1=O. The van der Waals surface area contributed by atoms with E-state index in [1.165, 1.54) is 31.4 Å². The third kappa shape index (κ3) is 3.92. The Hall–Kier alpha value is -4.17. The van der Waals surface area contributed by atoms with Crippen LogP contribution >= 0.6 is 11.6 Å². The molecule has 0 bridgehead atoms. The molecule has 8 nitrogen and oxygen atoms in total. The molecule has 0 saturated carbocycles. The molecule has 0 saturated heterocycles. The lowest BCUT2D eigenvalue weighted by molar-refractivity contribution is -0.384. The van der Waals surface area contributed by atoms with Crippen LogP contribution in [0.5, 0.6) is 5.75 Å². The number of halogens is 1. The number of benzene rings is 3. The molecule has 1 heterocycles. The number of carbonyl (C=O) groups excluding carboxylic acids is 2. The molecule has 3 aromatic rings. The minimum absolute atomic E-state index is 0.0325. The quantitative estimate of drug-likeness (QED) is 0.315. The smallest absolute Gasteiger partial charge is 0.282 e. The molecule has 1 aliphatic rings. The zero-order valence-corrected chi connectivity index (χ0v) is 18.4. The van der Waals surface area contributed by atoms with Crippen molar-refractivity contribution in [3.63, 3.8) is 0 Å². The minimum Gasteiger partial charge on any atom is -0.495 e. The Labute approximate surface area is 194 Å². The molecule has 0 atom stereocenters. The lowest BCUT2D eigenvalue weighted by atomic mass is 10.0. The Bertz CT molecular complexity index is 1320. The topological polar surface area (TPSA) is 102 Å². The van der Waals surface area contributed by atoms with E-state index in [-0.39, 0.29) is 22.6 Å². The van der Waals surface area contributed by atoms with Gasteiger partial charge < -0.3 is 10.1 Å². The normalized spacial score (nSPS) is 13.5. The number of para-hydroxylation sites is 2. The fourth-order valence-electron chi connectivity index (χ4n) is 3.57. The Morgan fingerprint density at radius 1 is 0.970 bits per heavy atom. The van der Waals surface area contributed by atoms with Crippen molar-refractivity contribution in [2.45, 2.75) is 6.92 Å². The van der Waals surface area contributed by atoms with Gasteiger partial charge in [-0.3, -0.25) is 19.7 Å². The Morgan fingerprint density at radius 3 is 2.33 bits per heavy atom. The van der Waals surface area contributed by atoms with Crippen LogP contribution in [0.15, 0.2) is 72.4 Å². The second-order valence-electron chi connectivity index (χ2n) is 7.21. The highest BCUT2D eigenvalue weighted by atomic mass is 35.5. The highest BCUT2D eigenvalue weighted by Crippen LogP contribution is 2.38. The molecule has 1 aliphatic heterocycles. The average molecular weight is 464 g/mol. The van der Waals surface area contributed by atoms with Crippen molar-refractivity contribution in [3.05, 3.63) is 98.7 Å². The molecular weight excluding hydrogens is 446 g/mol. The molecule has 33 heavy (non-hydrogen) atoms. The second kappa shape index (κ2) is 8.76. The van der Waals surface area contributed by atoms with Crippen LogP contribution in [0.1, 0.15) is 11.1 Å². The molecule has 9 heteroatoms. The van der Waals surface area contributed by atoms with E-state index in [2.05, 4.69) is 5.32 Å². The molecule has 4 rings (SSSR count). The first-order valence-corrected chi connectivity index (χ1v) is 10.2. The van der Waals surface area contributed by atoms with Crippen LogP contribution in [-0.2, 0) is 9.59 Å². The number of hydrogen-bond donors (Lipinski definition) is 1. The van der Waals surface area contributed by atoms with Crippen LogP contribution in [0.4, 0.5) is 17.1 Å². The summed E-state index contributed by atoms with van der Waals surface area (Å²) in [5.41, 5.74) is 1.89. The zero-order chi connectivity index (χ0) is 23.7. The van der Waals surface area contributed by atoms with Gasteiger partial charge in [-0.25, -0.2) is 4.90 Å². The number of ether oxygens (including phenoxy) is 1. The number of imide groups is 1. The summed E-state index contributed by atoms with van der Waals surface area (Å²) in [6, 6.07) is 17.3. The minimum atomic E-state index is -0.586. The highest BCUT2D eigenvalue weighted by Gasteiger charge is 2.41. The molecule has 0 spiro atoms. The van der Waals surface area contributed by atoms with Gasteiger partial charge in [-0.2, -0.15) is 0 Å². The maximum Gasteiger partial charge on any atom is 0.282 e. The number of amides is 2.